The topological polar surface area (TPSA) is 41.0 Å². The smallest absolute Gasteiger partial charge is 0.148 e. The van der Waals surface area contributed by atoms with Gasteiger partial charge in [-0.2, -0.15) is 0 Å². The van der Waals surface area contributed by atoms with E-state index in [1.165, 1.54) is 50.8 Å². The molecule has 4 nitrogen and oxygen atoms in total. The molecule has 1 aliphatic heterocycles. The van der Waals surface area contributed by atoms with Gasteiger partial charge in [-0.1, -0.05) is 30.9 Å². The summed E-state index contributed by atoms with van der Waals surface area (Å²) in [6, 6.07) is 8.45. The molecule has 6 heteroatoms. The average Bonchev–Trinajstić information content (AvgIpc) is 2.73. The highest BCUT2D eigenvalue weighted by molar-refractivity contribution is 6.33. The largest absolute Gasteiger partial charge is 0.366 e. The monoisotopic (exact) mass is 402 g/mol. The molecule has 28 heavy (non-hydrogen) atoms. The Balaban J connectivity index is 1.29. The zero-order valence-corrected chi connectivity index (χ0v) is 17.0. The van der Waals surface area contributed by atoms with Crippen molar-refractivity contribution in [1.82, 2.24) is 15.1 Å². The number of halogens is 2. The number of benzene rings is 1. The highest BCUT2D eigenvalue weighted by Gasteiger charge is 2.23. The number of anilines is 1. The summed E-state index contributed by atoms with van der Waals surface area (Å²) < 4.78 is 13.5. The Morgan fingerprint density at radius 1 is 1.00 bits per heavy atom. The van der Waals surface area contributed by atoms with E-state index >= 15 is 0 Å². The molecule has 1 saturated carbocycles. The minimum atomic E-state index is -0.330. The molecule has 2 fully saturated rings. The van der Waals surface area contributed by atoms with Crippen LogP contribution in [0.2, 0.25) is 5.02 Å². The number of aromatic nitrogens is 2. The first kappa shape index (κ1) is 19.6. The third-order valence-electron chi connectivity index (χ3n) is 6.05. The lowest BCUT2D eigenvalue weighted by Gasteiger charge is -2.35. The quantitative estimate of drug-likeness (QED) is 0.727. The number of likely N-dealkylation sites (tertiary alicyclic amines) is 1. The molecule has 1 aromatic carbocycles. The van der Waals surface area contributed by atoms with E-state index < -0.39 is 0 Å². The molecule has 2 aliphatic rings. The molecule has 1 N–H and O–H groups in total. The zero-order chi connectivity index (χ0) is 19.3. The van der Waals surface area contributed by atoms with Crippen molar-refractivity contribution < 1.29 is 4.39 Å². The van der Waals surface area contributed by atoms with Gasteiger partial charge in [0.1, 0.15) is 11.6 Å². The van der Waals surface area contributed by atoms with Gasteiger partial charge in [0.15, 0.2) is 0 Å². The Morgan fingerprint density at radius 3 is 2.50 bits per heavy atom. The Labute approximate surface area is 171 Å². The van der Waals surface area contributed by atoms with E-state index in [0.717, 1.165) is 37.7 Å². The molecule has 0 bridgehead atoms. The maximum Gasteiger partial charge on any atom is 0.148 e. The van der Waals surface area contributed by atoms with Crippen molar-refractivity contribution >= 4 is 17.4 Å². The van der Waals surface area contributed by atoms with Gasteiger partial charge in [-0.15, -0.1) is 10.2 Å². The molecule has 0 amide bonds. The fourth-order valence-electron chi connectivity index (χ4n) is 4.45. The normalized spacial score (nSPS) is 19.6. The number of hydrogen-bond acceptors (Lipinski definition) is 4. The lowest BCUT2D eigenvalue weighted by Crippen LogP contribution is -2.41. The van der Waals surface area contributed by atoms with Crippen molar-refractivity contribution in [3.8, 4) is 11.3 Å². The molecule has 0 radical (unpaired) electrons. The minimum Gasteiger partial charge on any atom is -0.366 e. The van der Waals surface area contributed by atoms with Crippen LogP contribution in [0.4, 0.5) is 10.2 Å². The SMILES string of the molecule is Fc1ccc(Cl)c(-c2ccc(NC3CCN(CC4CCCCC4)CC3)nn2)c1. The number of nitrogens with zero attached hydrogens (tertiary/aromatic N) is 3. The summed E-state index contributed by atoms with van der Waals surface area (Å²) in [5.41, 5.74) is 1.15. The van der Waals surface area contributed by atoms with E-state index in [9.17, 15) is 4.39 Å². The molecule has 4 rings (SSSR count). The number of hydrogen-bond donors (Lipinski definition) is 1. The Bertz CT molecular complexity index is 769. The lowest BCUT2D eigenvalue weighted by atomic mass is 9.88. The molecule has 0 unspecified atom stereocenters. The Morgan fingerprint density at radius 2 is 1.79 bits per heavy atom. The second kappa shape index (κ2) is 9.19. The van der Waals surface area contributed by atoms with Gasteiger partial charge in [-0.3, -0.25) is 0 Å². The molecule has 150 valence electrons. The van der Waals surface area contributed by atoms with Crippen LogP contribution in [0.5, 0.6) is 0 Å². The van der Waals surface area contributed by atoms with E-state index in [1.54, 1.807) is 6.07 Å². The van der Waals surface area contributed by atoms with Crippen molar-refractivity contribution in [1.29, 1.82) is 0 Å². The summed E-state index contributed by atoms with van der Waals surface area (Å²) in [5, 5.41) is 12.5. The maximum absolute atomic E-state index is 13.5. The number of piperidine rings is 1. The van der Waals surface area contributed by atoms with Gasteiger partial charge in [0.25, 0.3) is 0 Å². The highest BCUT2D eigenvalue weighted by atomic mass is 35.5. The van der Waals surface area contributed by atoms with Gasteiger partial charge in [0, 0.05) is 31.2 Å². The molecule has 1 saturated heterocycles. The molecule has 1 aliphatic carbocycles. The van der Waals surface area contributed by atoms with Gasteiger partial charge in [0.2, 0.25) is 0 Å². The van der Waals surface area contributed by atoms with Crippen molar-refractivity contribution in [2.24, 2.45) is 5.92 Å². The molecule has 0 spiro atoms. The second-order valence-corrected chi connectivity index (χ2v) is 8.56. The van der Waals surface area contributed by atoms with Crippen LogP contribution < -0.4 is 5.32 Å². The summed E-state index contributed by atoms with van der Waals surface area (Å²) in [7, 11) is 0. The van der Waals surface area contributed by atoms with Crippen LogP contribution in [0.25, 0.3) is 11.3 Å². The van der Waals surface area contributed by atoms with Crippen LogP contribution in [0, 0.1) is 11.7 Å². The first-order valence-corrected chi connectivity index (χ1v) is 10.8. The van der Waals surface area contributed by atoms with Crippen LogP contribution in [0.1, 0.15) is 44.9 Å². The van der Waals surface area contributed by atoms with Gasteiger partial charge < -0.3 is 10.2 Å². The van der Waals surface area contributed by atoms with Crippen LogP contribution >= 0.6 is 11.6 Å². The van der Waals surface area contributed by atoms with Crippen LogP contribution in [-0.4, -0.2) is 40.8 Å². The molecule has 2 aromatic rings. The maximum atomic E-state index is 13.5. The summed E-state index contributed by atoms with van der Waals surface area (Å²) in [6.07, 6.45) is 9.34. The van der Waals surface area contributed by atoms with E-state index in [1.807, 2.05) is 12.1 Å². The summed E-state index contributed by atoms with van der Waals surface area (Å²) >= 11 is 6.15. The van der Waals surface area contributed by atoms with Gasteiger partial charge >= 0.3 is 0 Å². The fourth-order valence-corrected chi connectivity index (χ4v) is 4.66. The molecule has 0 atom stereocenters. The van der Waals surface area contributed by atoms with Crippen LogP contribution in [0.15, 0.2) is 30.3 Å². The Kier molecular flexibility index (Phi) is 6.43. The predicted octanol–water partition coefficient (Wildman–Crippen LogP) is 5.39. The minimum absolute atomic E-state index is 0.330. The first-order valence-electron chi connectivity index (χ1n) is 10.5. The summed E-state index contributed by atoms with van der Waals surface area (Å²) in [6.45, 7) is 3.58. The fraction of sp³-hybridized carbons (Fsp3) is 0.545. The molecular formula is C22H28ClFN4. The van der Waals surface area contributed by atoms with Gasteiger partial charge in [-0.25, -0.2) is 4.39 Å². The van der Waals surface area contributed by atoms with Crippen molar-refractivity contribution in [3.05, 3.63) is 41.2 Å². The number of rotatable bonds is 5. The molecule has 1 aromatic heterocycles. The van der Waals surface area contributed by atoms with Crippen molar-refractivity contribution in [2.75, 3.05) is 25.0 Å². The molecule has 2 heterocycles. The van der Waals surface area contributed by atoms with Crippen molar-refractivity contribution in [3.63, 3.8) is 0 Å². The second-order valence-electron chi connectivity index (χ2n) is 8.15. The summed E-state index contributed by atoms with van der Waals surface area (Å²) in [4.78, 5) is 2.63. The van der Waals surface area contributed by atoms with Crippen LogP contribution in [0.3, 0.4) is 0 Å². The highest BCUT2D eigenvalue weighted by Crippen LogP contribution is 2.28. The van der Waals surface area contributed by atoms with Gasteiger partial charge in [-0.05, 0) is 61.9 Å². The number of nitrogens with one attached hydrogen (secondary N) is 1. The predicted molar refractivity (Wildman–Crippen MR) is 112 cm³/mol. The zero-order valence-electron chi connectivity index (χ0n) is 16.2. The first-order chi connectivity index (χ1) is 13.7. The van der Waals surface area contributed by atoms with Crippen LogP contribution in [-0.2, 0) is 0 Å². The third-order valence-corrected chi connectivity index (χ3v) is 6.38. The van der Waals surface area contributed by atoms with Crippen molar-refractivity contribution in [2.45, 2.75) is 51.0 Å². The van der Waals surface area contributed by atoms with E-state index in [-0.39, 0.29) is 5.82 Å². The standard InChI is InChI=1S/C22H28ClFN4/c23-20-7-6-17(24)14-19(20)21-8-9-22(27-26-21)25-18-10-12-28(13-11-18)15-16-4-2-1-3-5-16/h6-9,14,16,18H,1-5,10-13,15H2,(H,25,27). The molecular weight excluding hydrogens is 375 g/mol. The Hall–Kier alpha value is -1.72. The van der Waals surface area contributed by atoms with E-state index in [0.29, 0.717) is 22.3 Å². The van der Waals surface area contributed by atoms with Gasteiger partial charge in [0.05, 0.1) is 10.7 Å². The summed E-state index contributed by atoms with van der Waals surface area (Å²) in [5.74, 6) is 1.34. The van der Waals surface area contributed by atoms with E-state index in [2.05, 4.69) is 20.4 Å². The average molecular weight is 403 g/mol. The lowest BCUT2D eigenvalue weighted by molar-refractivity contribution is 0.168. The van der Waals surface area contributed by atoms with E-state index in [4.69, 9.17) is 11.6 Å². The third kappa shape index (κ3) is 5.00.